The maximum absolute atomic E-state index is 6.01. The van der Waals surface area contributed by atoms with E-state index in [1.54, 1.807) is 11.3 Å². The SMILES string of the molecule is CCCCCCCc1sc(N)nc1-c1c(C)cc(C)cc1C. The Morgan fingerprint density at radius 3 is 2.27 bits per heavy atom. The maximum atomic E-state index is 6.01. The fourth-order valence-electron chi connectivity index (χ4n) is 3.18. The first-order valence-corrected chi connectivity index (χ1v) is 9.18. The highest BCUT2D eigenvalue weighted by molar-refractivity contribution is 7.15. The van der Waals surface area contributed by atoms with Crippen LogP contribution >= 0.6 is 11.3 Å². The lowest BCUT2D eigenvalue weighted by molar-refractivity contribution is 0.634. The van der Waals surface area contributed by atoms with E-state index in [0.717, 1.165) is 12.1 Å². The summed E-state index contributed by atoms with van der Waals surface area (Å²) in [5, 5.41) is 0.693. The van der Waals surface area contributed by atoms with Gasteiger partial charge in [0.15, 0.2) is 5.13 Å². The molecule has 0 aliphatic rings. The van der Waals surface area contributed by atoms with E-state index >= 15 is 0 Å². The largest absolute Gasteiger partial charge is 0.375 e. The van der Waals surface area contributed by atoms with Gasteiger partial charge in [-0.25, -0.2) is 4.98 Å². The quantitative estimate of drug-likeness (QED) is 0.653. The number of nitrogens with zero attached hydrogens (tertiary/aromatic N) is 1. The molecule has 0 atom stereocenters. The van der Waals surface area contributed by atoms with Crippen LogP contribution in [0.15, 0.2) is 12.1 Å². The van der Waals surface area contributed by atoms with Crippen molar-refractivity contribution in [3.63, 3.8) is 0 Å². The lowest BCUT2D eigenvalue weighted by atomic mass is 9.96. The van der Waals surface area contributed by atoms with E-state index < -0.39 is 0 Å². The third-order valence-electron chi connectivity index (χ3n) is 4.14. The number of unbranched alkanes of at least 4 members (excludes halogenated alkanes) is 4. The smallest absolute Gasteiger partial charge is 0.180 e. The first-order valence-electron chi connectivity index (χ1n) is 8.36. The van der Waals surface area contributed by atoms with Crippen LogP contribution in [0.4, 0.5) is 5.13 Å². The lowest BCUT2D eigenvalue weighted by Gasteiger charge is -2.11. The highest BCUT2D eigenvalue weighted by atomic mass is 32.1. The molecule has 0 fully saturated rings. The van der Waals surface area contributed by atoms with Gasteiger partial charge >= 0.3 is 0 Å². The predicted molar refractivity (Wildman–Crippen MR) is 98.6 cm³/mol. The van der Waals surface area contributed by atoms with E-state index in [1.807, 2.05) is 0 Å². The Balaban J connectivity index is 2.21. The van der Waals surface area contributed by atoms with Crippen LogP contribution in [-0.4, -0.2) is 4.98 Å². The molecule has 2 N–H and O–H groups in total. The number of aryl methyl sites for hydroxylation is 4. The van der Waals surface area contributed by atoms with Crippen LogP contribution in [0.2, 0.25) is 0 Å². The minimum absolute atomic E-state index is 0.693. The summed E-state index contributed by atoms with van der Waals surface area (Å²) in [6.45, 7) is 8.75. The Hall–Kier alpha value is -1.35. The van der Waals surface area contributed by atoms with Gasteiger partial charge in [-0.3, -0.25) is 0 Å². The van der Waals surface area contributed by atoms with E-state index in [-0.39, 0.29) is 0 Å². The van der Waals surface area contributed by atoms with Crippen molar-refractivity contribution in [3.8, 4) is 11.3 Å². The summed E-state index contributed by atoms with van der Waals surface area (Å²) in [5.41, 5.74) is 12.3. The van der Waals surface area contributed by atoms with E-state index in [2.05, 4.69) is 44.8 Å². The van der Waals surface area contributed by atoms with Gasteiger partial charge < -0.3 is 5.73 Å². The van der Waals surface area contributed by atoms with Crippen LogP contribution in [-0.2, 0) is 6.42 Å². The number of hydrogen-bond donors (Lipinski definition) is 1. The first kappa shape index (κ1) is 17.0. The molecule has 0 bridgehead atoms. The van der Waals surface area contributed by atoms with Gasteiger partial charge in [0.25, 0.3) is 0 Å². The van der Waals surface area contributed by atoms with Gasteiger partial charge in [-0.05, 0) is 44.7 Å². The molecule has 0 spiro atoms. The summed E-state index contributed by atoms with van der Waals surface area (Å²) >= 11 is 1.66. The average Bonchev–Trinajstić information content (AvgIpc) is 2.78. The summed E-state index contributed by atoms with van der Waals surface area (Å²) in [6, 6.07) is 4.48. The second-order valence-corrected chi connectivity index (χ2v) is 7.38. The second-order valence-electron chi connectivity index (χ2n) is 6.26. The Kier molecular flexibility index (Phi) is 6.01. The Labute approximate surface area is 138 Å². The van der Waals surface area contributed by atoms with Gasteiger partial charge in [-0.2, -0.15) is 0 Å². The molecule has 0 saturated heterocycles. The standard InChI is InChI=1S/C19H28N2S/c1-5-6-7-8-9-10-16-18(21-19(20)22-16)17-14(3)11-13(2)12-15(17)4/h11-12H,5-10H2,1-4H3,(H2,20,21). The van der Waals surface area contributed by atoms with Gasteiger partial charge in [0.05, 0.1) is 5.69 Å². The Morgan fingerprint density at radius 1 is 1.00 bits per heavy atom. The molecule has 22 heavy (non-hydrogen) atoms. The molecule has 0 aliphatic heterocycles. The maximum Gasteiger partial charge on any atom is 0.180 e. The summed E-state index contributed by atoms with van der Waals surface area (Å²) in [6.07, 6.45) is 7.60. The minimum atomic E-state index is 0.693. The summed E-state index contributed by atoms with van der Waals surface area (Å²) in [7, 11) is 0. The zero-order valence-corrected chi connectivity index (χ0v) is 15.1. The second kappa shape index (κ2) is 7.77. The zero-order chi connectivity index (χ0) is 16.1. The molecule has 0 radical (unpaired) electrons. The van der Waals surface area contributed by atoms with Crippen molar-refractivity contribution in [1.29, 1.82) is 0 Å². The lowest BCUT2D eigenvalue weighted by Crippen LogP contribution is -1.94. The van der Waals surface area contributed by atoms with Gasteiger partial charge in [0, 0.05) is 10.4 Å². The molecule has 2 aromatic rings. The molecule has 120 valence electrons. The molecular formula is C19H28N2S. The molecule has 1 heterocycles. The third-order valence-corrected chi connectivity index (χ3v) is 5.08. The molecule has 1 aromatic heterocycles. The molecule has 2 rings (SSSR count). The van der Waals surface area contributed by atoms with Crippen LogP contribution in [0, 0.1) is 20.8 Å². The van der Waals surface area contributed by atoms with E-state index in [9.17, 15) is 0 Å². The average molecular weight is 317 g/mol. The molecule has 0 amide bonds. The Morgan fingerprint density at radius 2 is 1.64 bits per heavy atom. The first-order chi connectivity index (χ1) is 10.5. The molecule has 0 saturated carbocycles. The number of nitrogens with two attached hydrogens (primary N) is 1. The van der Waals surface area contributed by atoms with Gasteiger partial charge in [-0.1, -0.05) is 50.3 Å². The van der Waals surface area contributed by atoms with Crippen molar-refractivity contribution in [1.82, 2.24) is 4.98 Å². The van der Waals surface area contributed by atoms with Crippen LogP contribution in [0.5, 0.6) is 0 Å². The number of nitrogen functional groups attached to an aromatic ring is 1. The zero-order valence-electron chi connectivity index (χ0n) is 14.3. The van der Waals surface area contributed by atoms with Crippen molar-refractivity contribution >= 4 is 16.5 Å². The van der Waals surface area contributed by atoms with Gasteiger partial charge in [0.1, 0.15) is 0 Å². The number of hydrogen-bond acceptors (Lipinski definition) is 3. The molecular weight excluding hydrogens is 288 g/mol. The van der Waals surface area contributed by atoms with Crippen molar-refractivity contribution in [3.05, 3.63) is 33.7 Å². The molecule has 0 aliphatic carbocycles. The molecule has 1 aromatic carbocycles. The van der Waals surface area contributed by atoms with Crippen LogP contribution in [0.3, 0.4) is 0 Å². The van der Waals surface area contributed by atoms with Crippen LogP contribution in [0.1, 0.15) is 60.6 Å². The minimum Gasteiger partial charge on any atom is -0.375 e. The third kappa shape index (κ3) is 4.10. The summed E-state index contributed by atoms with van der Waals surface area (Å²) in [4.78, 5) is 5.99. The van der Waals surface area contributed by atoms with Gasteiger partial charge in [-0.15, -0.1) is 11.3 Å². The molecule has 0 unspecified atom stereocenters. The fourth-order valence-corrected chi connectivity index (χ4v) is 4.06. The van der Waals surface area contributed by atoms with Crippen molar-refractivity contribution < 1.29 is 0 Å². The predicted octanol–water partition coefficient (Wildman–Crippen LogP) is 5.83. The van der Waals surface area contributed by atoms with Crippen molar-refractivity contribution in [2.75, 3.05) is 5.73 Å². The van der Waals surface area contributed by atoms with Crippen LogP contribution < -0.4 is 5.73 Å². The van der Waals surface area contributed by atoms with E-state index in [0.29, 0.717) is 5.13 Å². The Bertz CT molecular complexity index is 605. The molecule has 2 nitrogen and oxygen atoms in total. The number of benzene rings is 1. The number of aromatic nitrogens is 1. The normalized spacial score (nSPS) is 11.1. The van der Waals surface area contributed by atoms with E-state index in [1.165, 1.54) is 59.2 Å². The summed E-state index contributed by atoms with van der Waals surface area (Å²) < 4.78 is 0. The molecule has 3 heteroatoms. The topological polar surface area (TPSA) is 38.9 Å². The number of anilines is 1. The van der Waals surface area contributed by atoms with Gasteiger partial charge in [0.2, 0.25) is 0 Å². The van der Waals surface area contributed by atoms with Crippen LogP contribution in [0.25, 0.3) is 11.3 Å². The van der Waals surface area contributed by atoms with Crippen molar-refractivity contribution in [2.45, 2.75) is 66.2 Å². The number of thiazole rings is 1. The highest BCUT2D eigenvalue weighted by Gasteiger charge is 2.16. The fraction of sp³-hybridized carbons (Fsp3) is 0.526. The highest BCUT2D eigenvalue weighted by Crippen LogP contribution is 2.35. The van der Waals surface area contributed by atoms with E-state index in [4.69, 9.17) is 5.73 Å². The van der Waals surface area contributed by atoms with Crippen molar-refractivity contribution in [2.24, 2.45) is 0 Å². The monoisotopic (exact) mass is 316 g/mol. The summed E-state index contributed by atoms with van der Waals surface area (Å²) in [5.74, 6) is 0. The number of rotatable bonds is 7.